The zero-order valence-corrected chi connectivity index (χ0v) is 16.6. The molecule has 6 heteroatoms. The van der Waals surface area contributed by atoms with Crippen molar-refractivity contribution in [3.8, 4) is 23.0 Å². The number of rotatable bonds is 12. The molecule has 0 aliphatic heterocycles. The van der Waals surface area contributed by atoms with Crippen LogP contribution in [0.4, 0.5) is 0 Å². The first-order chi connectivity index (χ1) is 13.6. The van der Waals surface area contributed by atoms with E-state index in [1.54, 1.807) is 19.2 Å². The van der Waals surface area contributed by atoms with Gasteiger partial charge in [-0.3, -0.25) is 5.32 Å². The predicted molar refractivity (Wildman–Crippen MR) is 109 cm³/mol. The van der Waals surface area contributed by atoms with Crippen LogP contribution in [0.2, 0.25) is 0 Å². The minimum absolute atomic E-state index is 0.239. The van der Waals surface area contributed by atoms with Gasteiger partial charge in [-0.05, 0) is 50.2 Å². The van der Waals surface area contributed by atoms with Gasteiger partial charge in [0, 0.05) is 13.0 Å². The molecular formula is C22H29NO5. The molecule has 28 heavy (non-hydrogen) atoms. The molecule has 152 valence electrons. The molecule has 2 rings (SSSR count). The van der Waals surface area contributed by atoms with E-state index in [1.165, 1.54) is 0 Å². The maximum absolute atomic E-state index is 10.1. The summed E-state index contributed by atoms with van der Waals surface area (Å²) >= 11 is 0. The van der Waals surface area contributed by atoms with Crippen molar-refractivity contribution in [2.24, 2.45) is 0 Å². The Kier molecular flexibility index (Phi) is 9.18. The SMILES string of the molecule is C/C=C/COc1ccc(OC(O)CCNC(C)Oc2ccccc2OC)cc1. The fraction of sp³-hybridized carbons (Fsp3) is 0.364. The number of aliphatic hydroxyl groups excluding tert-OH is 1. The number of hydrogen-bond acceptors (Lipinski definition) is 6. The van der Waals surface area contributed by atoms with Crippen molar-refractivity contribution in [3.63, 3.8) is 0 Å². The summed E-state index contributed by atoms with van der Waals surface area (Å²) in [6.07, 6.45) is 3.13. The standard InChI is InChI=1S/C22H29NO5/c1-4-5-16-26-18-10-12-19(13-11-18)28-22(24)14-15-23-17(2)27-21-9-7-6-8-20(21)25-3/h4-13,17,22-24H,14-16H2,1-3H3/b5-4+. The summed E-state index contributed by atoms with van der Waals surface area (Å²) in [5.74, 6) is 2.68. The summed E-state index contributed by atoms with van der Waals surface area (Å²) in [5.41, 5.74) is 0. The minimum atomic E-state index is -0.916. The van der Waals surface area contributed by atoms with Crippen molar-refractivity contribution < 1.29 is 24.1 Å². The first-order valence-electron chi connectivity index (χ1n) is 9.34. The van der Waals surface area contributed by atoms with Crippen LogP contribution >= 0.6 is 0 Å². The van der Waals surface area contributed by atoms with E-state index < -0.39 is 6.29 Å². The molecule has 2 aromatic carbocycles. The molecule has 0 radical (unpaired) electrons. The Hall–Kier alpha value is -2.70. The summed E-state index contributed by atoms with van der Waals surface area (Å²) in [4.78, 5) is 0. The van der Waals surface area contributed by atoms with Crippen LogP contribution < -0.4 is 24.3 Å². The van der Waals surface area contributed by atoms with Crippen LogP contribution in [0, 0.1) is 0 Å². The van der Waals surface area contributed by atoms with E-state index in [9.17, 15) is 5.11 Å². The molecule has 2 unspecified atom stereocenters. The maximum Gasteiger partial charge on any atom is 0.198 e. The quantitative estimate of drug-likeness (QED) is 0.427. The Morgan fingerprint density at radius 3 is 2.36 bits per heavy atom. The zero-order chi connectivity index (χ0) is 20.2. The Morgan fingerprint density at radius 1 is 1.00 bits per heavy atom. The van der Waals surface area contributed by atoms with Crippen LogP contribution in [-0.2, 0) is 0 Å². The average Bonchev–Trinajstić information content (AvgIpc) is 2.70. The van der Waals surface area contributed by atoms with E-state index in [4.69, 9.17) is 18.9 Å². The van der Waals surface area contributed by atoms with Crippen molar-refractivity contribution in [2.75, 3.05) is 20.3 Å². The lowest BCUT2D eigenvalue weighted by Gasteiger charge is -2.19. The van der Waals surface area contributed by atoms with Gasteiger partial charge in [-0.2, -0.15) is 0 Å². The number of nitrogens with one attached hydrogen (secondary N) is 1. The zero-order valence-electron chi connectivity index (χ0n) is 16.6. The molecule has 0 aliphatic carbocycles. The Balaban J connectivity index is 1.69. The van der Waals surface area contributed by atoms with E-state index >= 15 is 0 Å². The van der Waals surface area contributed by atoms with Gasteiger partial charge in [0.2, 0.25) is 0 Å². The molecule has 0 spiro atoms. The van der Waals surface area contributed by atoms with Gasteiger partial charge in [-0.1, -0.05) is 24.3 Å². The van der Waals surface area contributed by atoms with Crippen LogP contribution in [-0.4, -0.2) is 37.9 Å². The molecule has 0 bridgehead atoms. The second-order valence-electron chi connectivity index (χ2n) is 6.08. The largest absolute Gasteiger partial charge is 0.493 e. The normalized spacial score (nSPS) is 13.1. The third-order valence-corrected chi connectivity index (χ3v) is 3.87. The number of aliphatic hydroxyl groups is 1. The Morgan fingerprint density at radius 2 is 1.68 bits per heavy atom. The minimum Gasteiger partial charge on any atom is -0.493 e. The van der Waals surface area contributed by atoms with Gasteiger partial charge in [0.25, 0.3) is 0 Å². The number of benzene rings is 2. The van der Waals surface area contributed by atoms with Crippen molar-refractivity contribution in [3.05, 3.63) is 60.7 Å². The third kappa shape index (κ3) is 7.50. The molecule has 2 N–H and O–H groups in total. The van der Waals surface area contributed by atoms with E-state index in [1.807, 2.05) is 62.4 Å². The molecule has 0 saturated heterocycles. The van der Waals surface area contributed by atoms with Crippen LogP contribution in [0.5, 0.6) is 23.0 Å². The van der Waals surface area contributed by atoms with E-state index in [0.29, 0.717) is 36.8 Å². The Labute approximate surface area is 166 Å². The van der Waals surface area contributed by atoms with Crippen LogP contribution in [0.25, 0.3) is 0 Å². The molecule has 0 saturated carbocycles. The molecule has 2 aromatic rings. The fourth-order valence-electron chi connectivity index (χ4n) is 2.43. The summed E-state index contributed by atoms with van der Waals surface area (Å²) in [5, 5.41) is 13.3. The molecule has 0 aromatic heterocycles. The second-order valence-corrected chi connectivity index (χ2v) is 6.08. The molecule has 0 heterocycles. The van der Waals surface area contributed by atoms with Gasteiger partial charge in [-0.25, -0.2) is 0 Å². The maximum atomic E-state index is 10.1. The van der Waals surface area contributed by atoms with E-state index in [-0.39, 0.29) is 6.23 Å². The lowest BCUT2D eigenvalue weighted by Crippen LogP contribution is -2.34. The second kappa shape index (κ2) is 11.9. The summed E-state index contributed by atoms with van der Waals surface area (Å²) in [6, 6.07) is 14.6. The van der Waals surface area contributed by atoms with Gasteiger partial charge in [0.05, 0.1) is 7.11 Å². The number of hydrogen-bond donors (Lipinski definition) is 2. The Bertz CT molecular complexity index is 717. The lowest BCUT2D eigenvalue weighted by atomic mass is 10.3. The molecule has 0 amide bonds. The van der Waals surface area contributed by atoms with Crippen molar-refractivity contribution in [2.45, 2.75) is 32.8 Å². The number of methoxy groups -OCH3 is 1. The van der Waals surface area contributed by atoms with Crippen molar-refractivity contribution in [1.29, 1.82) is 0 Å². The topological polar surface area (TPSA) is 69.2 Å². The number of para-hydroxylation sites is 2. The number of ether oxygens (including phenoxy) is 4. The molecule has 0 aliphatic rings. The highest BCUT2D eigenvalue weighted by Crippen LogP contribution is 2.26. The summed E-state index contributed by atoms with van der Waals surface area (Å²) in [7, 11) is 1.61. The van der Waals surface area contributed by atoms with Gasteiger partial charge in [-0.15, -0.1) is 0 Å². The predicted octanol–water partition coefficient (Wildman–Crippen LogP) is 3.75. The molecule has 0 fully saturated rings. The van der Waals surface area contributed by atoms with Crippen LogP contribution in [0.15, 0.2) is 60.7 Å². The molecular weight excluding hydrogens is 358 g/mol. The molecule has 2 atom stereocenters. The van der Waals surface area contributed by atoms with E-state index in [2.05, 4.69) is 5.32 Å². The van der Waals surface area contributed by atoms with Crippen molar-refractivity contribution >= 4 is 0 Å². The first kappa shape index (κ1) is 21.6. The van der Waals surface area contributed by atoms with Crippen molar-refractivity contribution in [1.82, 2.24) is 5.32 Å². The fourth-order valence-corrected chi connectivity index (χ4v) is 2.43. The summed E-state index contributed by atoms with van der Waals surface area (Å²) in [6.45, 7) is 4.90. The first-order valence-corrected chi connectivity index (χ1v) is 9.34. The van der Waals surface area contributed by atoms with E-state index in [0.717, 1.165) is 5.75 Å². The summed E-state index contributed by atoms with van der Waals surface area (Å²) < 4.78 is 22.1. The highest BCUT2D eigenvalue weighted by atomic mass is 16.6. The average molecular weight is 387 g/mol. The van der Waals surface area contributed by atoms with Gasteiger partial charge >= 0.3 is 0 Å². The lowest BCUT2D eigenvalue weighted by molar-refractivity contribution is -0.0241. The van der Waals surface area contributed by atoms with Crippen LogP contribution in [0.1, 0.15) is 20.3 Å². The van der Waals surface area contributed by atoms with Gasteiger partial charge in [0.15, 0.2) is 17.8 Å². The highest BCUT2D eigenvalue weighted by Gasteiger charge is 2.10. The van der Waals surface area contributed by atoms with Crippen LogP contribution in [0.3, 0.4) is 0 Å². The number of allylic oxidation sites excluding steroid dienone is 1. The highest BCUT2D eigenvalue weighted by molar-refractivity contribution is 5.39. The van der Waals surface area contributed by atoms with Gasteiger partial charge < -0.3 is 24.1 Å². The monoisotopic (exact) mass is 387 g/mol. The van der Waals surface area contributed by atoms with Gasteiger partial charge in [0.1, 0.15) is 24.3 Å². The smallest absolute Gasteiger partial charge is 0.198 e. The third-order valence-electron chi connectivity index (χ3n) is 3.87. The molecule has 6 nitrogen and oxygen atoms in total.